The lowest BCUT2D eigenvalue weighted by Gasteiger charge is -2.28. The minimum Gasteiger partial charge on any atom is -0.497 e. The highest BCUT2D eigenvalue weighted by molar-refractivity contribution is 6.38. The predicted molar refractivity (Wildman–Crippen MR) is 165 cm³/mol. The van der Waals surface area contributed by atoms with Crippen molar-refractivity contribution in [3.63, 3.8) is 0 Å². The average molecular weight is 641 g/mol. The van der Waals surface area contributed by atoms with Crippen LogP contribution in [0.5, 0.6) is 5.75 Å². The summed E-state index contributed by atoms with van der Waals surface area (Å²) in [7, 11) is 1.35. The molecule has 3 rings (SSSR count). The highest BCUT2D eigenvalue weighted by atomic mass is 16.6. The number of hydrogen-bond donors (Lipinski definition) is 3. The summed E-state index contributed by atoms with van der Waals surface area (Å²) in [5.41, 5.74) is 0.00725. The van der Waals surface area contributed by atoms with E-state index in [9.17, 15) is 34.1 Å². The summed E-state index contributed by atoms with van der Waals surface area (Å²) >= 11 is 0. The zero-order chi connectivity index (χ0) is 33.5. The molecular weight excluding hydrogens is 600 g/mol. The van der Waals surface area contributed by atoms with Crippen molar-refractivity contribution in [2.75, 3.05) is 26.9 Å². The van der Waals surface area contributed by atoms with Gasteiger partial charge in [-0.05, 0) is 37.0 Å². The topological polar surface area (TPSA) is 192 Å². The third kappa shape index (κ3) is 10.9. The highest BCUT2D eigenvalue weighted by Crippen LogP contribution is 2.28. The van der Waals surface area contributed by atoms with Gasteiger partial charge in [-0.15, -0.1) is 0 Å². The fourth-order valence-corrected chi connectivity index (χ4v) is 5.14. The molecule has 248 valence electrons. The molecule has 0 bridgehead atoms. The predicted octanol–water partition coefficient (Wildman–Crippen LogP) is 2.62. The molecule has 0 unspecified atom stereocenters. The number of ketones is 1. The largest absolute Gasteiger partial charge is 0.497 e. The number of Topliss-reactive ketones (excluding diaryl/α,β-unsaturated/α-hetero) is 1. The molecule has 14 heteroatoms. The minimum atomic E-state index is -1.48. The molecule has 0 saturated heterocycles. The molecule has 3 amide bonds. The molecule has 1 fully saturated rings. The van der Waals surface area contributed by atoms with E-state index in [2.05, 4.69) is 16.0 Å². The van der Waals surface area contributed by atoms with Crippen molar-refractivity contribution >= 4 is 35.2 Å². The number of hydrogen-bond acceptors (Lipinski definition) is 10. The molecule has 0 heterocycles. The van der Waals surface area contributed by atoms with E-state index in [4.69, 9.17) is 14.2 Å². The third-order valence-corrected chi connectivity index (χ3v) is 7.51. The van der Waals surface area contributed by atoms with Gasteiger partial charge >= 0.3 is 5.97 Å². The first-order valence-corrected chi connectivity index (χ1v) is 15.2. The van der Waals surface area contributed by atoms with Crippen molar-refractivity contribution in [1.29, 1.82) is 0 Å². The summed E-state index contributed by atoms with van der Waals surface area (Å²) in [5, 5.41) is 19.0. The van der Waals surface area contributed by atoms with Gasteiger partial charge in [-0.25, -0.2) is 0 Å². The third-order valence-electron chi connectivity index (χ3n) is 7.51. The zero-order valence-electron chi connectivity index (χ0n) is 26.0. The van der Waals surface area contributed by atoms with Crippen LogP contribution in [0.3, 0.4) is 0 Å². The van der Waals surface area contributed by atoms with Crippen LogP contribution >= 0.6 is 0 Å². The second-order valence-electron chi connectivity index (χ2n) is 10.8. The van der Waals surface area contributed by atoms with Crippen molar-refractivity contribution in [1.82, 2.24) is 16.0 Å². The lowest BCUT2D eigenvalue weighted by molar-refractivity contribution is -0.385. The van der Waals surface area contributed by atoms with Gasteiger partial charge in [-0.3, -0.25) is 34.1 Å². The molecule has 2 atom stereocenters. The molecule has 0 aromatic heterocycles. The normalized spacial score (nSPS) is 14.3. The van der Waals surface area contributed by atoms with Crippen LogP contribution < -0.4 is 20.7 Å². The Morgan fingerprint density at radius 2 is 1.70 bits per heavy atom. The fourth-order valence-electron chi connectivity index (χ4n) is 5.14. The fraction of sp³-hybridized carbons (Fsp3) is 0.469. The maximum absolute atomic E-state index is 13.7. The Bertz CT molecular complexity index is 1380. The monoisotopic (exact) mass is 640 g/mol. The van der Waals surface area contributed by atoms with Crippen molar-refractivity contribution in [3.05, 3.63) is 69.8 Å². The Labute approximate surface area is 266 Å². The summed E-state index contributed by atoms with van der Waals surface area (Å²) in [6.07, 6.45) is 4.78. The van der Waals surface area contributed by atoms with E-state index in [1.165, 1.54) is 19.2 Å². The van der Waals surface area contributed by atoms with E-state index in [1.54, 1.807) is 31.2 Å². The van der Waals surface area contributed by atoms with E-state index in [0.29, 0.717) is 0 Å². The van der Waals surface area contributed by atoms with Gasteiger partial charge in [0.25, 0.3) is 17.5 Å². The Hall–Kier alpha value is -4.85. The Balaban J connectivity index is 1.83. The van der Waals surface area contributed by atoms with E-state index in [1.807, 2.05) is 6.07 Å². The molecule has 1 aliphatic rings. The lowest BCUT2D eigenvalue weighted by atomic mass is 9.84. The van der Waals surface area contributed by atoms with Gasteiger partial charge in [0.1, 0.15) is 29.9 Å². The molecule has 0 spiro atoms. The maximum atomic E-state index is 13.7. The van der Waals surface area contributed by atoms with E-state index >= 15 is 0 Å². The number of methoxy groups -OCH3 is 1. The number of nitrogens with one attached hydrogen (secondary N) is 3. The number of nitrogens with zero attached hydrogens (tertiary/aromatic N) is 1. The SMILES string of the molecule is CCOC(=O)CNC(=O)C(=O)[C@H](COCc1ccccc1)NC(=O)[C@H](CC1CCCCC1)NC(=O)c1cc(OC)ccc1[N+](=O)[O-]. The average Bonchev–Trinajstić information content (AvgIpc) is 3.06. The van der Waals surface area contributed by atoms with Gasteiger partial charge in [0.15, 0.2) is 0 Å². The van der Waals surface area contributed by atoms with Crippen molar-refractivity contribution < 1.29 is 43.1 Å². The molecule has 2 aromatic carbocycles. The molecule has 0 radical (unpaired) electrons. The number of carbonyl (C=O) groups excluding carboxylic acids is 5. The van der Waals surface area contributed by atoms with Gasteiger partial charge in [0.05, 0.1) is 31.9 Å². The number of nitro benzene ring substituents is 1. The van der Waals surface area contributed by atoms with Crippen molar-refractivity contribution in [3.8, 4) is 5.75 Å². The van der Waals surface area contributed by atoms with E-state index in [0.717, 1.165) is 43.7 Å². The van der Waals surface area contributed by atoms with Gasteiger partial charge < -0.3 is 30.2 Å². The first-order valence-electron chi connectivity index (χ1n) is 15.2. The second kappa shape index (κ2) is 18.2. The number of rotatable bonds is 17. The molecule has 3 N–H and O–H groups in total. The lowest BCUT2D eigenvalue weighted by Crippen LogP contribution is -2.56. The molecule has 1 saturated carbocycles. The van der Waals surface area contributed by atoms with Gasteiger partial charge in [-0.1, -0.05) is 62.4 Å². The highest BCUT2D eigenvalue weighted by Gasteiger charge is 2.33. The molecule has 2 aromatic rings. The summed E-state index contributed by atoms with van der Waals surface area (Å²) in [6, 6.07) is 10.0. The molecule has 1 aliphatic carbocycles. The van der Waals surface area contributed by atoms with Crippen LogP contribution in [-0.4, -0.2) is 73.3 Å². The summed E-state index contributed by atoms with van der Waals surface area (Å²) in [5.74, 6) is -4.33. The number of ether oxygens (including phenoxy) is 3. The van der Waals surface area contributed by atoms with Crippen LogP contribution in [0.15, 0.2) is 48.5 Å². The Morgan fingerprint density at radius 1 is 0.978 bits per heavy atom. The summed E-state index contributed by atoms with van der Waals surface area (Å²) in [4.78, 5) is 75.7. The van der Waals surface area contributed by atoms with Crippen molar-refractivity contribution in [2.45, 2.75) is 64.1 Å². The van der Waals surface area contributed by atoms with Crippen LogP contribution in [0.2, 0.25) is 0 Å². The Kier molecular flexibility index (Phi) is 14.1. The number of carbonyl (C=O) groups is 5. The quantitative estimate of drug-likeness (QED) is 0.100. The van der Waals surface area contributed by atoms with Gasteiger partial charge in [0, 0.05) is 6.07 Å². The van der Waals surface area contributed by atoms with E-state index < -0.39 is 65.3 Å². The number of amides is 3. The standard InChI is InChI=1S/C32H40N4O10/c1-3-46-28(37)18-33-32(41)29(38)26(20-45-19-22-12-8-5-9-13-22)35-31(40)25(16-21-10-6-4-7-11-21)34-30(39)24-17-23(44-2)14-15-27(24)36(42)43/h5,8-9,12-15,17,21,25-26H,3-4,6-7,10-11,16,18-20H2,1-2H3,(H,33,41)(H,34,39)(H,35,40)/t25-,26-/m0/s1. The first kappa shape index (κ1) is 35.6. The number of esters is 1. The minimum absolute atomic E-state index is 0.0708. The van der Waals surface area contributed by atoms with Crippen LogP contribution in [0.1, 0.15) is 61.4 Å². The molecule has 46 heavy (non-hydrogen) atoms. The Morgan fingerprint density at radius 3 is 2.35 bits per heavy atom. The van der Waals surface area contributed by atoms with Crippen LogP contribution in [-0.2, 0) is 35.3 Å². The second-order valence-corrected chi connectivity index (χ2v) is 10.8. The molecular formula is C32H40N4O10. The maximum Gasteiger partial charge on any atom is 0.325 e. The van der Waals surface area contributed by atoms with Crippen LogP contribution in [0.25, 0.3) is 0 Å². The smallest absolute Gasteiger partial charge is 0.325 e. The van der Waals surface area contributed by atoms with E-state index in [-0.39, 0.29) is 36.9 Å². The summed E-state index contributed by atoms with van der Waals surface area (Å²) < 4.78 is 15.6. The van der Waals surface area contributed by atoms with Gasteiger partial charge in [0.2, 0.25) is 11.7 Å². The zero-order valence-corrected chi connectivity index (χ0v) is 26.0. The van der Waals surface area contributed by atoms with Crippen molar-refractivity contribution in [2.24, 2.45) is 5.92 Å². The first-order chi connectivity index (χ1) is 22.1. The molecule has 0 aliphatic heterocycles. The summed E-state index contributed by atoms with van der Waals surface area (Å²) in [6.45, 7) is 0.811. The molecule has 14 nitrogen and oxygen atoms in total. The van der Waals surface area contributed by atoms with Crippen LogP contribution in [0, 0.1) is 16.0 Å². The van der Waals surface area contributed by atoms with Crippen LogP contribution in [0.4, 0.5) is 5.69 Å². The number of benzene rings is 2. The number of nitro groups is 1. The van der Waals surface area contributed by atoms with Gasteiger partial charge in [-0.2, -0.15) is 0 Å².